The zero-order chi connectivity index (χ0) is 24.1. The van der Waals surface area contributed by atoms with Gasteiger partial charge in [0.2, 0.25) is 17.6 Å². The van der Waals surface area contributed by atoms with Gasteiger partial charge >= 0.3 is 5.97 Å². The molecule has 1 saturated heterocycles. The Morgan fingerprint density at radius 3 is 2.91 bits per heavy atom. The molecule has 1 fully saturated rings. The number of nitrogens with zero attached hydrogens (tertiary/aromatic N) is 3. The number of rotatable bonds is 7. The van der Waals surface area contributed by atoms with E-state index < -0.39 is 5.97 Å². The van der Waals surface area contributed by atoms with E-state index in [0.29, 0.717) is 30.5 Å². The lowest BCUT2D eigenvalue weighted by Gasteiger charge is -2.30. The van der Waals surface area contributed by atoms with Gasteiger partial charge in [-0.25, -0.2) is 4.79 Å². The maximum absolute atomic E-state index is 12.9. The molecular formula is C24H24BrClN4O4. The van der Waals surface area contributed by atoms with Gasteiger partial charge in [-0.05, 0) is 56.6 Å². The van der Waals surface area contributed by atoms with Gasteiger partial charge in [-0.2, -0.15) is 4.98 Å². The van der Waals surface area contributed by atoms with E-state index in [9.17, 15) is 9.59 Å². The zero-order valence-corrected chi connectivity index (χ0v) is 20.9. The molecule has 1 aliphatic heterocycles. The Morgan fingerprint density at radius 1 is 1.29 bits per heavy atom. The van der Waals surface area contributed by atoms with Crippen molar-refractivity contribution in [2.24, 2.45) is 5.92 Å². The normalized spacial score (nSPS) is 16.3. The molecule has 0 spiro atoms. The molecule has 2 aromatic carbocycles. The highest BCUT2D eigenvalue weighted by atomic mass is 79.9. The molecule has 0 aliphatic carbocycles. The van der Waals surface area contributed by atoms with Crippen molar-refractivity contribution < 1.29 is 18.8 Å². The Kier molecular flexibility index (Phi) is 7.97. The lowest BCUT2D eigenvalue weighted by Crippen LogP contribution is -2.40. The molecule has 1 unspecified atom stereocenters. The number of amides is 1. The fourth-order valence-electron chi connectivity index (χ4n) is 3.88. The van der Waals surface area contributed by atoms with E-state index >= 15 is 0 Å². The van der Waals surface area contributed by atoms with E-state index in [4.69, 9.17) is 20.9 Å². The van der Waals surface area contributed by atoms with Crippen LogP contribution in [-0.2, 0) is 16.1 Å². The number of carbonyl (C=O) groups is 2. The van der Waals surface area contributed by atoms with E-state index in [2.05, 4.69) is 36.3 Å². The van der Waals surface area contributed by atoms with Crippen LogP contribution in [0.25, 0.3) is 11.4 Å². The van der Waals surface area contributed by atoms with Crippen molar-refractivity contribution in [2.75, 3.05) is 25.0 Å². The number of benzene rings is 2. The van der Waals surface area contributed by atoms with Crippen LogP contribution in [0.15, 0.2) is 51.5 Å². The Balaban J connectivity index is 1.35. The summed E-state index contributed by atoms with van der Waals surface area (Å²) in [4.78, 5) is 31.4. The lowest BCUT2D eigenvalue weighted by atomic mass is 9.97. The number of hydrogen-bond donors (Lipinski definition) is 1. The molecule has 178 valence electrons. The number of halogens is 2. The van der Waals surface area contributed by atoms with Crippen molar-refractivity contribution in [1.29, 1.82) is 0 Å². The average molecular weight is 548 g/mol. The minimum absolute atomic E-state index is 0.0926. The summed E-state index contributed by atoms with van der Waals surface area (Å²) in [6.45, 7) is 3.90. The Hall–Kier alpha value is -2.75. The number of anilines is 1. The van der Waals surface area contributed by atoms with Crippen LogP contribution in [0, 0.1) is 5.92 Å². The molecule has 1 N–H and O–H groups in total. The van der Waals surface area contributed by atoms with Gasteiger partial charge in [0.1, 0.15) is 0 Å². The summed E-state index contributed by atoms with van der Waals surface area (Å²) in [5.41, 5.74) is 1.68. The number of likely N-dealkylation sites (tertiary alicyclic amines) is 1. The molecule has 10 heteroatoms. The van der Waals surface area contributed by atoms with Crippen LogP contribution in [-0.4, -0.2) is 46.6 Å². The maximum Gasteiger partial charge on any atom is 0.339 e. The van der Waals surface area contributed by atoms with Crippen LogP contribution in [0.2, 0.25) is 5.02 Å². The number of esters is 1. The van der Waals surface area contributed by atoms with E-state index in [1.165, 1.54) is 0 Å². The van der Waals surface area contributed by atoms with Crippen LogP contribution in [0.4, 0.5) is 5.69 Å². The second-order valence-electron chi connectivity index (χ2n) is 8.00. The van der Waals surface area contributed by atoms with Crippen molar-refractivity contribution in [3.05, 3.63) is 63.4 Å². The Labute approximate surface area is 210 Å². The smallest absolute Gasteiger partial charge is 0.339 e. The summed E-state index contributed by atoms with van der Waals surface area (Å²) in [5, 5.41) is 7.23. The van der Waals surface area contributed by atoms with Crippen molar-refractivity contribution in [3.63, 3.8) is 0 Å². The van der Waals surface area contributed by atoms with Crippen LogP contribution in [0.3, 0.4) is 0 Å². The Bertz CT molecular complexity index is 1190. The molecule has 2 heterocycles. The van der Waals surface area contributed by atoms with Gasteiger partial charge < -0.3 is 14.6 Å². The summed E-state index contributed by atoms with van der Waals surface area (Å²) < 4.78 is 11.4. The molecule has 0 bridgehead atoms. The maximum atomic E-state index is 12.9. The third-order valence-electron chi connectivity index (χ3n) is 5.52. The standard InChI is InChI=1S/C24H24BrClN4O4/c1-2-33-24(32)19-9-8-18(12-20(19)26)27-23(31)16-6-4-10-30(13-16)14-21-28-22(29-34-21)15-5-3-7-17(25)11-15/h3,5,7-9,11-12,16H,2,4,6,10,13-14H2,1H3,(H,27,31). The van der Waals surface area contributed by atoms with E-state index in [-0.39, 0.29) is 29.0 Å². The third kappa shape index (κ3) is 6.02. The van der Waals surface area contributed by atoms with Crippen LogP contribution >= 0.6 is 27.5 Å². The minimum atomic E-state index is -0.489. The third-order valence-corrected chi connectivity index (χ3v) is 6.32. The Morgan fingerprint density at radius 2 is 2.15 bits per heavy atom. The van der Waals surface area contributed by atoms with Crippen molar-refractivity contribution in [1.82, 2.24) is 15.0 Å². The van der Waals surface area contributed by atoms with Gasteiger partial charge in [-0.1, -0.05) is 44.8 Å². The number of nitrogens with one attached hydrogen (secondary N) is 1. The second kappa shape index (κ2) is 11.1. The number of ether oxygens (including phenoxy) is 1. The molecule has 34 heavy (non-hydrogen) atoms. The highest BCUT2D eigenvalue weighted by Crippen LogP contribution is 2.25. The largest absolute Gasteiger partial charge is 0.462 e. The summed E-state index contributed by atoms with van der Waals surface area (Å²) >= 11 is 9.66. The predicted molar refractivity (Wildman–Crippen MR) is 131 cm³/mol. The first-order valence-corrected chi connectivity index (χ1v) is 12.2. The second-order valence-corrected chi connectivity index (χ2v) is 9.32. The quantitative estimate of drug-likeness (QED) is 0.407. The van der Waals surface area contributed by atoms with Gasteiger partial charge in [0.15, 0.2) is 0 Å². The van der Waals surface area contributed by atoms with Gasteiger partial charge in [-0.15, -0.1) is 0 Å². The van der Waals surface area contributed by atoms with Crippen LogP contribution in [0.1, 0.15) is 36.0 Å². The van der Waals surface area contributed by atoms with Crippen molar-refractivity contribution in [3.8, 4) is 11.4 Å². The first kappa shape index (κ1) is 24.4. The zero-order valence-electron chi connectivity index (χ0n) is 18.6. The molecular weight excluding hydrogens is 524 g/mol. The molecule has 0 saturated carbocycles. The van der Waals surface area contributed by atoms with Crippen molar-refractivity contribution >= 4 is 45.1 Å². The molecule has 3 aromatic rings. The number of aromatic nitrogens is 2. The highest BCUT2D eigenvalue weighted by molar-refractivity contribution is 9.10. The average Bonchev–Trinajstić information content (AvgIpc) is 3.28. The molecule has 1 atom stereocenters. The highest BCUT2D eigenvalue weighted by Gasteiger charge is 2.27. The van der Waals surface area contributed by atoms with Gasteiger partial charge in [0.25, 0.3) is 0 Å². The summed E-state index contributed by atoms with van der Waals surface area (Å²) in [6, 6.07) is 12.5. The molecule has 0 radical (unpaired) electrons. The monoisotopic (exact) mass is 546 g/mol. The van der Waals surface area contributed by atoms with Gasteiger partial charge in [0, 0.05) is 22.3 Å². The van der Waals surface area contributed by atoms with E-state index in [1.54, 1.807) is 25.1 Å². The summed E-state index contributed by atoms with van der Waals surface area (Å²) in [5.74, 6) is 0.273. The summed E-state index contributed by atoms with van der Waals surface area (Å²) in [7, 11) is 0. The van der Waals surface area contributed by atoms with E-state index in [0.717, 1.165) is 29.4 Å². The first-order valence-electron chi connectivity index (χ1n) is 11.0. The number of piperidine rings is 1. The predicted octanol–water partition coefficient (Wildman–Crippen LogP) is 5.18. The number of hydrogen-bond acceptors (Lipinski definition) is 7. The first-order chi connectivity index (χ1) is 16.4. The van der Waals surface area contributed by atoms with Crippen LogP contribution < -0.4 is 5.32 Å². The number of carbonyl (C=O) groups excluding carboxylic acids is 2. The van der Waals surface area contributed by atoms with Gasteiger partial charge in [-0.3, -0.25) is 9.69 Å². The molecule has 1 amide bonds. The minimum Gasteiger partial charge on any atom is -0.462 e. The molecule has 1 aliphatic rings. The molecule has 8 nitrogen and oxygen atoms in total. The fraction of sp³-hybridized carbons (Fsp3) is 0.333. The van der Waals surface area contributed by atoms with Crippen molar-refractivity contribution in [2.45, 2.75) is 26.3 Å². The van der Waals surface area contributed by atoms with E-state index in [1.807, 2.05) is 24.3 Å². The molecule has 4 rings (SSSR count). The summed E-state index contributed by atoms with van der Waals surface area (Å²) in [6.07, 6.45) is 1.66. The topological polar surface area (TPSA) is 97.6 Å². The molecule has 1 aromatic heterocycles. The van der Waals surface area contributed by atoms with Gasteiger partial charge in [0.05, 0.1) is 29.7 Å². The van der Waals surface area contributed by atoms with Crippen LogP contribution in [0.5, 0.6) is 0 Å². The fourth-order valence-corrected chi connectivity index (χ4v) is 4.54. The SMILES string of the molecule is CCOC(=O)c1ccc(NC(=O)C2CCCN(Cc3nc(-c4cccc(Br)c4)no3)C2)cc1Cl. The lowest BCUT2D eigenvalue weighted by molar-refractivity contribution is -0.121.